The lowest BCUT2D eigenvalue weighted by Gasteiger charge is -2.48. The second-order valence-electron chi connectivity index (χ2n) is 6.32. The van der Waals surface area contributed by atoms with Gasteiger partial charge in [0.05, 0.1) is 17.2 Å². The lowest BCUT2D eigenvalue weighted by atomic mass is 9.61. The molecule has 0 radical (unpaired) electrons. The molecule has 1 aliphatic rings. The van der Waals surface area contributed by atoms with Gasteiger partial charge in [-0.25, -0.2) is 4.98 Å². The van der Waals surface area contributed by atoms with Crippen molar-refractivity contribution in [3.8, 4) is 5.75 Å². The summed E-state index contributed by atoms with van der Waals surface area (Å²) in [5, 5.41) is 10.1. The van der Waals surface area contributed by atoms with Crippen LogP contribution in [0.3, 0.4) is 0 Å². The van der Waals surface area contributed by atoms with Crippen LogP contribution in [-0.2, 0) is 0 Å². The van der Waals surface area contributed by atoms with E-state index in [0.29, 0.717) is 16.3 Å². The number of nitrogens with zero attached hydrogens (tertiary/aromatic N) is 2. The molecule has 1 heterocycles. The van der Waals surface area contributed by atoms with Crippen LogP contribution in [0, 0.1) is 5.41 Å². The van der Waals surface area contributed by atoms with Crippen molar-refractivity contribution < 1.29 is 5.11 Å². The monoisotopic (exact) mass is 286 g/mol. The largest absolute Gasteiger partial charge is 0.508 e. The summed E-state index contributed by atoms with van der Waals surface area (Å²) in [7, 11) is 0. The van der Waals surface area contributed by atoms with Crippen molar-refractivity contribution in [2.24, 2.45) is 5.41 Å². The SMILES string of the molecule is CCCC1(CC)CC(n2cnc3ccc(O)cc3c2=O)C1. The van der Waals surface area contributed by atoms with E-state index in [2.05, 4.69) is 18.8 Å². The van der Waals surface area contributed by atoms with Crippen molar-refractivity contribution in [2.45, 2.75) is 52.0 Å². The van der Waals surface area contributed by atoms with Crippen molar-refractivity contribution in [1.29, 1.82) is 0 Å². The summed E-state index contributed by atoms with van der Waals surface area (Å²) in [6.07, 6.45) is 7.38. The van der Waals surface area contributed by atoms with Crippen LogP contribution in [0.1, 0.15) is 52.0 Å². The summed E-state index contributed by atoms with van der Waals surface area (Å²) in [5.74, 6) is 0.113. The highest BCUT2D eigenvalue weighted by Crippen LogP contribution is 2.53. The Bertz CT molecular complexity index is 714. The molecule has 1 saturated carbocycles. The van der Waals surface area contributed by atoms with Crippen LogP contribution in [0.5, 0.6) is 5.75 Å². The van der Waals surface area contributed by atoms with E-state index in [1.165, 1.54) is 25.3 Å². The smallest absolute Gasteiger partial charge is 0.261 e. The Morgan fingerprint density at radius 2 is 2.14 bits per heavy atom. The predicted molar refractivity (Wildman–Crippen MR) is 83.6 cm³/mol. The van der Waals surface area contributed by atoms with E-state index in [-0.39, 0.29) is 17.4 Å². The molecule has 0 unspecified atom stereocenters. The van der Waals surface area contributed by atoms with Gasteiger partial charge in [0, 0.05) is 6.04 Å². The van der Waals surface area contributed by atoms with Crippen LogP contribution < -0.4 is 5.56 Å². The Hall–Kier alpha value is -1.84. The Kier molecular flexibility index (Phi) is 3.47. The summed E-state index contributed by atoms with van der Waals surface area (Å²) in [6.45, 7) is 4.46. The molecule has 0 aliphatic heterocycles. The maximum Gasteiger partial charge on any atom is 0.261 e. The van der Waals surface area contributed by atoms with Crippen LogP contribution in [0.15, 0.2) is 29.3 Å². The molecule has 0 amide bonds. The van der Waals surface area contributed by atoms with Crippen LogP contribution in [0.4, 0.5) is 0 Å². The molecule has 0 bridgehead atoms. The minimum atomic E-state index is -0.0397. The van der Waals surface area contributed by atoms with Gasteiger partial charge in [-0.05, 0) is 42.9 Å². The quantitative estimate of drug-likeness (QED) is 0.933. The first-order chi connectivity index (χ1) is 10.1. The lowest BCUT2D eigenvalue weighted by Crippen LogP contribution is -2.41. The first-order valence-electron chi connectivity index (χ1n) is 7.78. The number of phenolic OH excluding ortho intramolecular Hbond substituents is 1. The average Bonchev–Trinajstić information content (AvgIpc) is 2.44. The number of phenols is 1. The van der Waals surface area contributed by atoms with Crippen molar-refractivity contribution in [3.63, 3.8) is 0 Å². The molecule has 4 heteroatoms. The van der Waals surface area contributed by atoms with Gasteiger partial charge < -0.3 is 5.11 Å². The minimum absolute atomic E-state index is 0.0397. The molecular formula is C17H22N2O2. The van der Waals surface area contributed by atoms with Crippen LogP contribution in [-0.4, -0.2) is 14.7 Å². The van der Waals surface area contributed by atoms with E-state index in [9.17, 15) is 9.90 Å². The molecule has 1 N–H and O–H groups in total. The van der Waals surface area contributed by atoms with Gasteiger partial charge in [-0.3, -0.25) is 9.36 Å². The van der Waals surface area contributed by atoms with Crippen molar-refractivity contribution >= 4 is 10.9 Å². The van der Waals surface area contributed by atoms with Crippen molar-refractivity contribution in [1.82, 2.24) is 9.55 Å². The molecule has 4 nitrogen and oxygen atoms in total. The van der Waals surface area contributed by atoms with Gasteiger partial charge >= 0.3 is 0 Å². The predicted octanol–water partition coefficient (Wildman–Crippen LogP) is 3.63. The molecule has 1 aliphatic carbocycles. The van der Waals surface area contributed by atoms with Crippen LogP contribution >= 0.6 is 0 Å². The topological polar surface area (TPSA) is 55.1 Å². The lowest BCUT2D eigenvalue weighted by molar-refractivity contribution is 0.0447. The van der Waals surface area contributed by atoms with E-state index in [1.54, 1.807) is 23.0 Å². The second-order valence-corrected chi connectivity index (χ2v) is 6.32. The summed E-state index contributed by atoms with van der Waals surface area (Å²) in [4.78, 5) is 16.9. The number of fused-ring (bicyclic) bond motifs is 1. The van der Waals surface area contributed by atoms with Crippen molar-refractivity contribution in [2.75, 3.05) is 0 Å². The molecule has 0 atom stereocenters. The molecule has 3 rings (SSSR count). The fourth-order valence-corrected chi connectivity index (χ4v) is 3.72. The molecule has 0 saturated heterocycles. The molecule has 112 valence electrons. The standard InChI is InChI=1S/C17H22N2O2/c1-3-7-17(4-2)9-12(10-17)19-11-18-15-6-5-13(20)8-14(15)16(19)21/h5-6,8,11-12,20H,3-4,7,9-10H2,1-2H3. The van der Waals surface area contributed by atoms with E-state index in [4.69, 9.17) is 0 Å². The zero-order valence-corrected chi connectivity index (χ0v) is 12.7. The second kappa shape index (κ2) is 5.17. The first-order valence-corrected chi connectivity index (χ1v) is 7.78. The third-order valence-electron chi connectivity index (χ3n) is 5.03. The highest BCUT2D eigenvalue weighted by Gasteiger charge is 2.43. The summed E-state index contributed by atoms with van der Waals surface area (Å²) in [5.41, 5.74) is 1.01. The summed E-state index contributed by atoms with van der Waals surface area (Å²) >= 11 is 0. The Morgan fingerprint density at radius 1 is 1.38 bits per heavy atom. The number of rotatable bonds is 4. The molecule has 21 heavy (non-hydrogen) atoms. The minimum Gasteiger partial charge on any atom is -0.508 e. The zero-order valence-electron chi connectivity index (χ0n) is 12.7. The molecule has 1 aromatic carbocycles. The van der Waals surface area contributed by atoms with Gasteiger partial charge in [0.25, 0.3) is 5.56 Å². The van der Waals surface area contributed by atoms with Gasteiger partial charge in [-0.1, -0.05) is 26.7 Å². The summed E-state index contributed by atoms with van der Waals surface area (Å²) < 4.78 is 1.76. The van der Waals surface area contributed by atoms with Crippen LogP contribution in [0.2, 0.25) is 0 Å². The van der Waals surface area contributed by atoms with E-state index in [0.717, 1.165) is 12.8 Å². The van der Waals surface area contributed by atoms with Gasteiger partial charge in [-0.2, -0.15) is 0 Å². The molecule has 1 fully saturated rings. The van der Waals surface area contributed by atoms with E-state index >= 15 is 0 Å². The number of benzene rings is 1. The maximum absolute atomic E-state index is 12.6. The third-order valence-corrected chi connectivity index (χ3v) is 5.03. The van der Waals surface area contributed by atoms with E-state index < -0.39 is 0 Å². The average molecular weight is 286 g/mol. The number of aromatic hydroxyl groups is 1. The Morgan fingerprint density at radius 3 is 2.81 bits per heavy atom. The van der Waals surface area contributed by atoms with Crippen molar-refractivity contribution in [3.05, 3.63) is 34.9 Å². The first kappa shape index (κ1) is 14.1. The Balaban J connectivity index is 1.93. The number of hydrogen-bond acceptors (Lipinski definition) is 3. The van der Waals surface area contributed by atoms with Gasteiger partial charge in [0.1, 0.15) is 5.75 Å². The number of hydrogen-bond donors (Lipinski definition) is 1. The molecular weight excluding hydrogens is 264 g/mol. The fourth-order valence-electron chi connectivity index (χ4n) is 3.72. The maximum atomic E-state index is 12.6. The number of aromatic nitrogens is 2. The van der Waals surface area contributed by atoms with Gasteiger partial charge in [0.15, 0.2) is 0 Å². The molecule has 1 aromatic heterocycles. The zero-order chi connectivity index (χ0) is 15.0. The third kappa shape index (κ3) is 2.33. The van der Waals surface area contributed by atoms with E-state index in [1.807, 2.05) is 0 Å². The van der Waals surface area contributed by atoms with Gasteiger partial charge in [-0.15, -0.1) is 0 Å². The van der Waals surface area contributed by atoms with Crippen LogP contribution in [0.25, 0.3) is 10.9 Å². The molecule has 0 spiro atoms. The molecule has 2 aromatic rings. The highest BCUT2D eigenvalue weighted by atomic mass is 16.3. The summed E-state index contributed by atoms with van der Waals surface area (Å²) in [6, 6.07) is 5.01. The van der Waals surface area contributed by atoms with Gasteiger partial charge in [0.2, 0.25) is 0 Å². The highest BCUT2D eigenvalue weighted by molar-refractivity contribution is 5.78. The Labute approximate surface area is 124 Å². The fraction of sp³-hybridized carbons (Fsp3) is 0.529. The normalized spacial score (nSPS) is 25.0.